The van der Waals surface area contributed by atoms with E-state index in [0.29, 0.717) is 30.6 Å². The number of hydrogen-bond acceptors (Lipinski definition) is 4. The minimum atomic E-state index is -0.203. The molecule has 1 heterocycles. The minimum absolute atomic E-state index is 0.0397. The molecule has 6 nitrogen and oxygen atoms in total. The van der Waals surface area contributed by atoms with Crippen LogP contribution in [0.3, 0.4) is 0 Å². The van der Waals surface area contributed by atoms with Gasteiger partial charge in [0.25, 0.3) is 5.91 Å². The number of anilines is 1. The molecule has 2 aromatic carbocycles. The van der Waals surface area contributed by atoms with Crippen molar-refractivity contribution in [3.63, 3.8) is 0 Å². The van der Waals surface area contributed by atoms with E-state index < -0.39 is 0 Å². The van der Waals surface area contributed by atoms with Gasteiger partial charge in [0.1, 0.15) is 5.75 Å². The number of methoxy groups -OCH3 is 1. The molecule has 29 heavy (non-hydrogen) atoms. The van der Waals surface area contributed by atoms with E-state index in [1.165, 1.54) is 0 Å². The molecule has 148 valence electrons. The summed E-state index contributed by atoms with van der Waals surface area (Å²) < 4.78 is 5.31. The lowest BCUT2D eigenvalue weighted by Gasteiger charge is -2.10. The molecule has 0 saturated heterocycles. The van der Waals surface area contributed by atoms with Gasteiger partial charge in [-0.05, 0) is 47.9 Å². The molecule has 2 amide bonds. The molecule has 1 aromatic heterocycles. The van der Waals surface area contributed by atoms with Crippen molar-refractivity contribution in [2.75, 3.05) is 12.4 Å². The third kappa shape index (κ3) is 5.90. The second kappa shape index (κ2) is 10.0. The summed E-state index contributed by atoms with van der Waals surface area (Å²) in [6.07, 6.45) is 4.13. The number of rotatable bonds is 8. The van der Waals surface area contributed by atoms with E-state index in [2.05, 4.69) is 15.6 Å². The third-order valence-electron chi connectivity index (χ3n) is 4.43. The van der Waals surface area contributed by atoms with Crippen LogP contribution < -0.4 is 15.4 Å². The summed E-state index contributed by atoms with van der Waals surface area (Å²) in [6.45, 7) is 0.393. The van der Waals surface area contributed by atoms with Gasteiger partial charge in [-0.2, -0.15) is 0 Å². The molecule has 0 atom stereocenters. The van der Waals surface area contributed by atoms with Gasteiger partial charge in [-0.1, -0.05) is 30.3 Å². The Hall–Kier alpha value is -3.67. The van der Waals surface area contributed by atoms with Crippen LogP contribution in [0.4, 0.5) is 5.69 Å². The first-order valence-electron chi connectivity index (χ1n) is 9.34. The number of carbonyl (C=O) groups is 2. The Kier molecular flexibility index (Phi) is 6.95. The second-order valence-electron chi connectivity index (χ2n) is 6.48. The van der Waals surface area contributed by atoms with Crippen molar-refractivity contribution < 1.29 is 14.3 Å². The zero-order valence-electron chi connectivity index (χ0n) is 16.2. The smallest absolute Gasteiger partial charge is 0.255 e. The number of carbonyl (C=O) groups excluding carboxylic acids is 2. The van der Waals surface area contributed by atoms with E-state index >= 15 is 0 Å². The maximum atomic E-state index is 12.2. The predicted octanol–water partition coefficient (Wildman–Crippen LogP) is 3.59. The van der Waals surface area contributed by atoms with E-state index in [1.54, 1.807) is 31.6 Å². The number of para-hydroxylation sites is 1. The minimum Gasteiger partial charge on any atom is -0.496 e. The summed E-state index contributed by atoms with van der Waals surface area (Å²) in [5.74, 6) is 0.547. The monoisotopic (exact) mass is 389 g/mol. The Balaban J connectivity index is 1.51. The lowest BCUT2D eigenvalue weighted by atomic mass is 10.1. The van der Waals surface area contributed by atoms with Gasteiger partial charge in [0.2, 0.25) is 5.91 Å². The Bertz CT molecular complexity index is 974. The standard InChI is InChI=1S/C23H23N3O3/c1-29-21-8-3-2-6-18(21)9-10-22(27)25-16-17-5-4-7-20(15-17)26-23(28)19-11-13-24-14-12-19/h2-8,11-15H,9-10,16H2,1H3,(H,25,27)(H,26,28). The molecule has 0 unspecified atom stereocenters. The van der Waals surface area contributed by atoms with Crippen molar-refractivity contribution in [2.45, 2.75) is 19.4 Å². The van der Waals surface area contributed by atoms with E-state index in [-0.39, 0.29) is 11.8 Å². The first-order chi connectivity index (χ1) is 14.2. The molecular formula is C23H23N3O3. The van der Waals surface area contributed by atoms with E-state index in [9.17, 15) is 9.59 Å². The van der Waals surface area contributed by atoms with Crippen LogP contribution in [0.25, 0.3) is 0 Å². The van der Waals surface area contributed by atoms with E-state index in [4.69, 9.17) is 4.74 Å². The molecule has 0 aliphatic heterocycles. The second-order valence-corrected chi connectivity index (χ2v) is 6.48. The molecule has 0 spiro atoms. The van der Waals surface area contributed by atoms with Crippen molar-refractivity contribution >= 4 is 17.5 Å². The van der Waals surface area contributed by atoms with Gasteiger partial charge in [-0.3, -0.25) is 14.6 Å². The number of hydrogen-bond donors (Lipinski definition) is 2. The highest BCUT2D eigenvalue weighted by Gasteiger charge is 2.08. The van der Waals surface area contributed by atoms with Crippen LogP contribution in [0.1, 0.15) is 27.9 Å². The number of benzene rings is 2. The summed E-state index contributed by atoms with van der Waals surface area (Å²) in [6, 6.07) is 18.4. The Morgan fingerprint density at radius 1 is 1.00 bits per heavy atom. The van der Waals surface area contributed by atoms with Crippen LogP contribution in [-0.4, -0.2) is 23.9 Å². The van der Waals surface area contributed by atoms with Crippen LogP contribution in [0, 0.1) is 0 Å². The van der Waals surface area contributed by atoms with Gasteiger partial charge in [-0.15, -0.1) is 0 Å². The zero-order valence-corrected chi connectivity index (χ0v) is 16.2. The Labute approximate surface area is 169 Å². The van der Waals surface area contributed by atoms with Crippen molar-refractivity contribution in [2.24, 2.45) is 0 Å². The lowest BCUT2D eigenvalue weighted by Crippen LogP contribution is -2.23. The lowest BCUT2D eigenvalue weighted by molar-refractivity contribution is -0.121. The highest BCUT2D eigenvalue weighted by Crippen LogP contribution is 2.19. The van der Waals surface area contributed by atoms with E-state index in [0.717, 1.165) is 16.9 Å². The Morgan fingerprint density at radius 3 is 2.59 bits per heavy atom. The van der Waals surface area contributed by atoms with Gasteiger partial charge in [-0.25, -0.2) is 0 Å². The summed E-state index contributed by atoms with van der Waals surface area (Å²) in [5, 5.41) is 5.77. The van der Waals surface area contributed by atoms with Gasteiger partial charge in [0, 0.05) is 36.6 Å². The molecule has 0 saturated carbocycles. The number of nitrogens with one attached hydrogen (secondary N) is 2. The molecule has 0 bridgehead atoms. The van der Waals surface area contributed by atoms with Crippen molar-refractivity contribution in [1.29, 1.82) is 0 Å². The summed E-state index contributed by atoms with van der Waals surface area (Å²) in [5.41, 5.74) is 3.12. The number of pyridine rings is 1. The quantitative estimate of drug-likeness (QED) is 0.617. The van der Waals surface area contributed by atoms with Crippen LogP contribution in [0.2, 0.25) is 0 Å². The first-order valence-corrected chi connectivity index (χ1v) is 9.34. The molecule has 0 fully saturated rings. The van der Waals surface area contributed by atoms with E-state index in [1.807, 2.05) is 48.5 Å². The summed E-state index contributed by atoms with van der Waals surface area (Å²) in [4.78, 5) is 28.4. The average Bonchev–Trinajstić information content (AvgIpc) is 2.77. The van der Waals surface area contributed by atoms with Crippen molar-refractivity contribution in [1.82, 2.24) is 10.3 Å². The van der Waals surface area contributed by atoms with Gasteiger partial charge < -0.3 is 15.4 Å². The number of aryl methyl sites for hydroxylation is 1. The highest BCUT2D eigenvalue weighted by molar-refractivity contribution is 6.04. The van der Waals surface area contributed by atoms with Crippen LogP contribution in [-0.2, 0) is 17.8 Å². The molecule has 3 aromatic rings. The molecule has 0 radical (unpaired) electrons. The van der Waals surface area contributed by atoms with Crippen LogP contribution in [0.5, 0.6) is 5.75 Å². The van der Waals surface area contributed by atoms with Gasteiger partial charge >= 0.3 is 0 Å². The molecule has 0 aliphatic rings. The number of aromatic nitrogens is 1. The fourth-order valence-corrected chi connectivity index (χ4v) is 2.91. The Morgan fingerprint density at radius 2 is 1.79 bits per heavy atom. The fraction of sp³-hybridized carbons (Fsp3) is 0.174. The maximum absolute atomic E-state index is 12.2. The summed E-state index contributed by atoms with van der Waals surface area (Å²) in [7, 11) is 1.62. The fourth-order valence-electron chi connectivity index (χ4n) is 2.91. The maximum Gasteiger partial charge on any atom is 0.255 e. The zero-order chi connectivity index (χ0) is 20.5. The number of ether oxygens (including phenoxy) is 1. The normalized spacial score (nSPS) is 10.2. The molecule has 0 aliphatic carbocycles. The molecular weight excluding hydrogens is 366 g/mol. The highest BCUT2D eigenvalue weighted by atomic mass is 16.5. The largest absolute Gasteiger partial charge is 0.496 e. The van der Waals surface area contributed by atoms with Crippen molar-refractivity contribution in [3.8, 4) is 5.75 Å². The first kappa shape index (κ1) is 20.1. The van der Waals surface area contributed by atoms with Gasteiger partial charge in [0.15, 0.2) is 0 Å². The van der Waals surface area contributed by atoms with Crippen molar-refractivity contribution in [3.05, 3.63) is 89.7 Å². The number of amides is 2. The number of nitrogens with zero attached hydrogens (tertiary/aromatic N) is 1. The topological polar surface area (TPSA) is 80.3 Å². The molecule has 6 heteroatoms. The average molecular weight is 389 g/mol. The predicted molar refractivity (Wildman–Crippen MR) is 112 cm³/mol. The molecule has 3 rings (SSSR count). The van der Waals surface area contributed by atoms with Gasteiger partial charge in [0.05, 0.1) is 7.11 Å². The van der Waals surface area contributed by atoms with Crippen LogP contribution >= 0.6 is 0 Å². The SMILES string of the molecule is COc1ccccc1CCC(=O)NCc1cccc(NC(=O)c2ccncc2)c1. The van der Waals surface area contributed by atoms with Crippen LogP contribution in [0.15, 0.2) is 73.1 Å². The third-order valence-corrected chi connectivity index (χ3v) is 4.43. The summed E-state index contributed by atoms with van der Waals surface area (Å²) >= 11 is 0. The molecule has 2 N–H and O–H groups in total.